The highest BCUT2D eigenvalue weighted by Crippen LogP contribution is 2.25. The van der Waals surface area contributed by atoms with Crippen molar-refractivity contribution < 1.29 is 14.3 Å². The van der Waals surface area contributed by atoms with Gasteiger partial charge in [-0.1, -0.05) is 33.6 Å². The first kappa shape index (κ1) is 14.3. The molecule has 0 saturated heterocycles. The van der Waals surface area contributed by atoms with Gasteiger partial charge in [0.1, 0.15) is 5.75 Å². The van der Waals surface area contributed by atoms with Gasteiger partial charge in [0.15, 0.2) is 0 Å². The summed E-state index contributed by atoms with van der Waals surface area (Å²) >= 11 is 9.37. The van der Waals surface area contributed by atoms with Crippen LogP contribution in [-0.4, -0.2) is 25.0 Å². The van der Waals surface area contributed by atoms with Crippen LogP contribution in [0.5, 0.6) is 5.75 Å². The summed E-state index contributed by atoms with van der Waals surface area (Å²) in [6.07, 6.45) is 1.14. The van der Waals surface area contributed by atoms with Gasteiger partial charge in [0.05, 0.1) is 25.2 Å². The van der Waals surface area contributed by atoms with Gasteiger partial charge in [0.2, 0.25) is 0 Å². The predicted octanol–water partition coefficient (Wildman–Crippen LogP) is 3.22. The lowest BCUT2D eigenvalue weighted by Crippen LogP contribution is -2.04. The van der Waals surface area contributed by atoms with Crippen LogP contribution in [-0.2, 0) is 16.0 Å². The van der Waals surface area contributed by atoms with Crippen LogP contribution < -0.4 is 4.74 Å². The van der Waals surface area contributed by atoms with Crippen molar-refractivity contribution >= 4 is 33.5 Å². The largest absolute Gasteiger partial charge is 0.492 e. The van der Waals surface area contributed by atoms with E-state index in [4.69, 9.17) is 16.3 Å². The Kier molecular flexibility index (Phi) is 6.37. The molecule has 0 atom stereocenters. The Balaban J connectivity index is 2.62. The molecule has 0 unspecified atom stereocenters. The molecule has 3 nitrogen and oxygen atoms in total. The van der Waals surface area contributed by atoms with Crippen molar-refractivity contribution in [1.82, 2.24) is 0 Å². The van der Waals surface area contributed by atoms with Crippen molar-refractivity contribution in [1.29, 1.82) is 0 Å². The Bertz CT molecular complexity index is 382. The smallest absolute Gasteiger partial charge is 0.309 e. The molecule has 0 amide bonds. The molecule has 0 aromatic heterocycles. The van der Waals surface area contributed by atoms with E-state index in [2.05, 4.69) is 20.7 Å². The maximum Gasteiger partial charge on any atom is 0.309 e. The summed E-state index contributed by atoms with van der Waals surface area (Å²) in [4.78, 5) is 11.1. The third kappa shape index (κ3) is 4.96. The topological polar surface area (TPSA) is 35.5 Å². The van der Waals surface area contributed by atoms with Gasteiger partial charge >= 0.3 is 5.97 Å². The molecule has 1 aromatic carbocycles. The number of carbonyl (C=O) groups excluding carboxylic acids is 1. The lowest BCUT2D eigenvalue weighted by molar-refractivity contribution is -0.139. The number of benzene rings is 1. The van der Waals surface area contributed by atoms with Gasteiger partial charge in [-0.05, 0) is 24.1 Å². The van der Waals surface area contributed by atoms with Crippen LogP contribution in [0.2, 0.25) is 5.02 Å². The highest BCUT2D eigenvalue weighted by molar-refractivity contribution is 9.09. The van der Waals surface area contributed by atoms with Crippen molar-refractivity contribution in [2.24, 2.45) is 0 Å². The maximum absolute atomic E-state index is 11.1. The van der Waals surface area contributed by atoms with E-state index in [1.165, 1.54) is 7.11 Å². The van der Waals surface area contributed by atoms with Gasteiger partial charge < -0.3 is 9.47 Å². The van der Waals surface area contributed by atoms with Crippen LogP contribution in [0.1, 0.15) is 12.0 Å². The van der Waals surface area contributed by atoms with Crippen molar-refractivity contribution in [3.8, 4) is 5.75 Å². The molecule has 17 heavy (non-hydrogen) atoms. The van der Waals surface area contributed by atoms with Gasteiger partial charge in [-0.3, -0.25) is 4.79 Å². The minimum absolute atomic E-state index is 0.220. The Morgan fingerprint density at radius 2 is 2.24 bits per heavy atom. The van der Waals surface area contributed by atoms with Crippen molar-refractivity contribution in [2.75, 3.05) is 19.0 Å². The molecule has 0 saturated carbocycles. The molecule has 0 spiro atoms. The summed E-state index contributed by atoms with van der Waals surface area (Å²) in [6, 6.07) is 5.31. The van der Waals surface area contributed by atoms with Gasteiger partial charge in [0.25, 0.3) is 0 Å². The van der Waals surface area contributed by atoms with E-state index in [1.54, 1.807) is 12.1 Å². The maximum atomic E-state index is 11.1. The van der Waals surface area contributed by atoms with Gasteiger partial charge in [-0.15, -0.1) is 0 Å². The number of alkyl halides is 1. The first-order chi connectivity index (χ1) is 8.17. The molecule has 0 aliphatic rings. The fraction of sp³-hybridized carbons (Fsp3) is 0.417. The van der Waals surface area contributed by atoms with E-state index in [1.807, 2.05) is 6.07 Å². The van der Waals surface area contributed by atoms with Crippen molar-refractivity contribution in [3.63, 3.8) is 0 Å². The number of carbonyl (C=O) groups is 1. The lowest BCUT2D eigenvalue weighted by atomic mass is 10.1. The summed E-state index contributed by atoms with van der Waals surface area (Å²) in [5, 5.41) is 1.41. The first-order valence-corrected chi connectivity index (χ1v) is 6.71. The minimum Gasteiger partial charge on any atom is -0.492 e. The predicted molar refractivity (Wildman–Crippen MR) is 71.1 cm³/mol. The normalized spacial score (nSPS) is 10.1. The Morgan fingerprint density at radius 3 is 2.82 bits per heavy atom. The minimum atomic E-state index is -0.283. The highest BCUT2D eigenvalue weighted by atomic mass is 79.9. The monoisotopic (exact) mass is 320 g/mol. The molecular formula is C12H14BrClO3. The second kappa shape index (κ2) is 7.56. The van der Waals surface area contributed by atoms with E-state index < -0.39 is 0 Å². The summed E-state index contributed by atoms with van der Waals surface area (Å²) < 4.78 is 10.1. The summed E-state index contributed by atoms with van der Waals surface area (Å²) in [7, 11) is 1.36. The van der Waals surface area contributed by atoms with E-state index in [0.29, 0.717) is 17.4 Å². The van der Waals surface area contributed by atoms with Crippen LogP contribution in [0, 0.1) is 0 Å². The molecule has 0 bridgehead atoms. The Labute approximate surface area is 114 Å². The number of methoxy groups -OCH3 is 1. The standard InChI is InChI=1S/C12H14BrClO3/c1-16-12(15)8-9-3-4-11(10(14)7-9)17-6-2-5-13/h3-4,7H,2,5-6,8H2,1H3. The third-order valence-electron chi connectivity index (χ3n) is 2.11. The van der Waals surface area contributed by atoms with Crippen LogP contribution in [0.3, 0.4) is 0 Å². The number of ether oxygens (including phenoxy) is 2. The van der Waals surface area contributed by atoms with Crippen molar-refractivity contribution in [3.05, 3.63) is 28.8 Å². The van der Waals surface area contributed by atoms with E-state index in [0.717, 1.165) is 17.3 Å². The average molecular weight is 322 g/mol. The molecule has 1 aromatic rings. The second-order valence-electron chi connectivity index (χ2n) is 3.41. The molecular weight excluding hydrogens is 307 g/mol. The molecule has 0 heterocycles. The molecule has 0 N–H and O–H groups in total. The van der Waals surface area contributed by atoms with E-state index in [9.17, 15) is 4.79 Å². The third-order valence-corrected chi connectivity index (χ3v) is 2.96. The second-order valence-corrected chi connectivity index (χ2v) is 4.61. The fourth-order valence-corrected chi connectivity index (χ4v) is 1.73. The summed E-state index contributed by atoms with van der Waals surface area (Å²) in [5.41, 5.74) is 0.815. The van der Waals surface area contributed by atoms with Gasteiger partial charge in [0, 0.05) is 5.33 Å². The zero-order valence-electron chi connectivity index (χ0n) is 9.54. The van der Waals surface area contributed by atoms with Gasteiger partial charge in [-0.25, -0.2) is 0 Å². The molecule has 0 radical (unpaired) electrons. The SMILES string of the molecule is COC(=O)Cc1ccc(OCCCBr)c(Cl)c1. The van der Waals surface area contributed by atoms with Crippen LogP contribution in [0.15, 0.2) is 18.2 Å². The highest BCUT2D eigenvalue weighted by Gasteiger charge is 2.07. The Hall–Kier alpha value is -0.740. The van der Waals surface area contributed by atoms with Crippen molar-refractivity contribution in [2.45, 2.75) is 12.8 Å². The number of esters is 1. The number of rotatable bonds is 6. The average Bonchev–Trinajstić information content (AvgIpc) is 2.32. The zero-order chi connectivity index (χ0) is 12.7. The molecule has 0 aliphatic carbocycles. The van der Waals surface area contributed by atoms with E-state index >= 15 is 0 Å². The molecule has 5 heteroatoms. The summed E-state index contributed by atoms with van der Waals surface area (Å²) in [6.45, 7) is 0.612. The molecule has 0 aliphatic heterocycles. The summed E-state index contributed by atoms with van der Waals surface area (Å²) in [5.74, 6) is 0.357. The Morgan fingerprint density at radius 1 is 1.47 bits per heavy atom. The lowest BCUT2D eigenvalue weighted by Gasteiger charge is -2.08. The zero-order valence-corrected chi connectivity index (χ0v) is 11.9. The number of halogens is 2. The fourth-order valence-electron chi connectivity index (χ4n) is 1.25. The molecule has 0 fully saturated rings. The van der Waals surface area contributed by atoms with Crippen LogP contribution in [0.25, 0.3) is 0 Å². The number of hydrogen-bond donors (Lipinski definition) is 0. The van der Waals surface area contributed by atoms with E-state index in [-0.39, 0.29) is 12.4 Å². The first-order valence-electron chi connectivity index (χ1n) is 5.21. The quantitative estimate of drug-likeness (QED) is 0.458. The van der Waals surface area contributed by atoms with Gasteiger partial charge in [-0.2, -0.15) is 0 Å². The molecule has 94 valence electrons. The van der Waals surface area contributed by atoms with Crippen LogP contribution >= 0.6 is 27.5 Å². The van der Waals surface area contributed by atoms with Crippen LogP contribution in [0.4, 0.5) is 0 Å². The number of hydrogen-bond acceptors (Lipinski definition) is 3. The molecule has 1 rings (SSSR count).